The van der Waals surface area contributed by atoms with Gasteiger partial charge in [-0.2, -0.15) is 0 Å². The zero-order valence-electron chi connectivity index (χ0n) is 16.0. The van der Waals surface area contributed by atoms with Crippen molar-refractivity contribution in [3.05, 3.63) is 94.9 Å². The summed E-state index contributed by atoms with van der Waals surface area (Å²) in [5, 5.41) is 2.55. The molecule has 0 saturated carbocycles. The summed E-state index contributed by atoms with van der Waals surface area (Å²) in [4.78, 5) is 0.767. The van der Waals surface area contributed by atoms with Crippen LogP contribution < -0.4 is 5.30 Å². The summed E-state index contributed by atoms with van der Waals surface area (Å²) in [5.74, 6) is 0.954. The lowest BCUT2D eigenvalue weighted by molar-refractivity contribution is 0.582. The predicted molar refractivity (Wildman–Crippen MR) is 123 cm³/mol. The smallest absolute Gasteiger partial charge is 0.123 e. The molecule has 4 rings (SSSR count). The van der Waals surface area contributed by atoms with Gasteiger partial charge in [0, 0.05) is 50.2 Å². The van der Waals surface area contributed by atoms with Crippen molar-refractivity contribution in [1.29, 1.82) is 0 Å². The summed E-state index contributed by atoms with van der Waals surface area (Å²) >= 11 is 0. The van der Waals surface area contributed by atoms with Crippen LogP contribution in [0.25, 0.3) is 0 Å². The first-order valence-electron chi connectivity index (χ1n) is 9.59. The number of rotatable bonds is 1. The highest BCUT2D eigenvalue weighted by Crippen LogP contribution is 2.49. The number of hydrogen-bond acceptors (Lipinski definition) is 3. The van der Waals surface area contributed by atoms with E-state index in [1.807, 2.05) is 72.8 Å². The highest BCUT2D eigenvalue weighted by Gasteiger charge is 2.26. The molecule has 2 aromatic carbocycles. The van der Waals surface area contributed by atoms with Crippen molar-refractivity contribution in [2.75, 3.05) is 17.7 Å². The molecule has 0 aromatic heterocycles. The molecular weight excluding hydrogens is 419 g/mol. The van der Waals surface area contributed by atoms with Gasteiger partial charge in [0.05, 0.1) is 10.8 Å². The van der Waals surface area contributed by atoms with Gasteiger partial charge < -0.3 is 4.57 Å². The largest absolute Gasteiger partial charge is 0.318 e. The molecule has 0 fully saturated rings. The molecule has 3 atom stereocenters. The standard InChI is InChI=1S/C23H23O3PS2/c24-27(22-9-2-1-3-10-22)14-6-8-19-12-15-28(25)18-21(19)13-16-29(26)23-11-5-4-7-20(23)17-27/h1-12,15H,13-14,16-18H2/b8-6+. The topological polar surface area (TPSA) is 51.2 Å². The van der Waals surface area contributed by atoms with E-state index in [0.717, 1.165) is 26.9 Å². The van der Waals surface area contributed by atoms with E-state index in [4.69, 9.17) is 0 Å². The van der Waals surface area contributed by atoms with Gasteiger partial charge in [-0.1, -0.05) is 60.7 Å². The first-order valence-corrected chi connectivity index (χ1v) is 14.4. The molecule has 2 aliphatic rings. The van der Waals surface area contributed by atoms with E-state index in [1.165, 1.54) is 0 Å². The van der Waals surface area contributed by atoms with Crippen LogP contribution in [0.3, 0.4) is 0 Å². The fraction of sp³-hybridized carbons (Fsp3) is 0.217. The van der Waals surface area contributed by atoms with Gasteiger partial charge in [0.2, 0.25) is 0 Å². The molecule has 0 radical (unpaired) electrons. The molecular formula is C23H23O3PS2. The summed E-state index contributed by atoms with van der Waals surface area (Å²) in [5.41, 5.74) is 2.96. The summed E-state index contributed by atoms with van der Waals surface area (Å²) in [7, 11) is -4.97. The van der Waals surface area contributed by atoms with Crippen molar-refractivity contribution < 1.29 is 13.0 Å². The average Bonchev–Trinajstić information content (AvgIpc) is 2.73. The van der Waals surface area contributed by atoms with Gasteiger partial charge in [-0.3, -0.25) is 8.42 Å². The van der Waals surface area contributed by atoms with Crippen molar-refractivity contribution in [2.24, 2.45) is 0 Å². The molecule has 2 heterocycles. The molecule has 2 aliphatic heterocycles. The summed E-state index contributed by atoms with van der Waals surface area (Å²) in [6, 6.07) is 17.2. The van der Waals surface area contributed by atoms with E-state index in [1.54, 1.807) is 5.41 Å². The van der Waals surface area contributed by atoms with Crippen LogP contribution in [0.15, 0.2) is 94.3 Å². The summed E-state index contributed by atoms with van der Waals surface area (Å²) in [6.45, 7) is 0. The van der Waals surface area contributed by atoms with Gasteiger partial charge in [0.15, 0.2) is 0 Å². The number of allylic oxidation sites excluding steroid dienone is 4. The Morgan fingerprint density at radius 3 is 2.48 bits per heavy atom. The third-order valence-electron chi connectivity index (χ3n) is 5.28. The quantitative estimate of drug-likeness (QED) is 0.611. The fourth-order valence-electron chi connectivity index (χ4n) is 3.73. The summed E-state index contributed by atoms with van der Waals surface area (Å²) < 4.78 is 39.2. The lowest BCUT2D eigenvalue weighted by Gasteiger charge is -2.21. The highest BCUT2D eigenvalue weighted by molar-refractivity contribution is 7.88. The Morgan fingerprint density at radius 2 is 1.66 bits per heavy atom. The number of hydrogen-bond donors (Lipinski definition) is 0. The molecule has 3 unspecified atom stereocenters. The van der Waals surface area contributed by atoms with E-state index in [9.17, 15) is 13.0 Å². The van der Waals surface area contributed by atoms with Crippen LogP contribution in [0.2, 0.25) is 0 Å². The van der Waals surface area contributed by atoms with E-state index in [0.29, 0.717) is 30.3 Å². The molecule has 150 valence electrons. The second-order valence-electron chi connectivity index (χ2n) is 7.26. The highest BCUT2D eigenvalue weighted by atomic mass is 32.2. The Hall–Kier alpha value is -1.81. The van der Waals surface area contributed by atoms with Gasteiger partial charge in [0.25, 0.3) is 0 Å². The van der Waals surface area contributed by atoms with Crippen LogP contribution in [-0.4, -0.2) is 26.1 Å². The van der Waals surface area contributed by atoms with Gasteiger partial charge in [-0.15, -0.1) is 0 Å². The molecule has 0 amide bonds. The molecule has 0 N–H and O–H groups in total. The second-order valence-corrected chi connectivity index (χ2v) is 13.1. The zero-order chi connectivity index (χ0) is 20.3. The van der Waals surface area contributed by atoms with Crippen molar-refractivity contribution in [2.45, 2.75) is 17.5 Å². The first-order chi connectivity index (χ1) is 14.0. The Kier molecular flexibility index (Phi) is 6.29. The lowest BCUT2D eigenvalue weighted by atomic mass is 10.1. The van der Waals surface area contributed by atoms with Crippen LogP contribution in [0.4, 0.5) is 0 Å². The van der Waals surface area contributed by atoms with Crippen LogP contribution >= 0.6 is 7.14 Å². The van der Waals surface area contributed by atoms with Gasteiger partial charge in [0.1, 0.15) is 7.14 Å². The molecule has 2 aromatic rings. The molecule has 0 spiro atoms. The van der Waals surface area contributed by atoms with Crippen molar-refractivity contribution >= 4 is 34.0 Å². The normalized spacial score (nSPS) is 28.6. The van der Waals surface area contributed by atoms with Crippen LogP contribution in [0, 0.1) is 0 Å². The van der Waals surface area contributed by atoms with Gasteiger partial charge in [-0.05, 0) is 35.3 Å². The summed E-state index contributed by atoms with van der Waals surface area (Å²) in [6.07, 6.45) is 7.34. The predicted octanol–water partition coefficient (Wildman–Crippen LogP) is 4.52. The third kappa shape index (κ3) is 4.69. The minimum absolute atomic E-state index is 0.398. The van der Waals surface area contributed by atoms with Crippen LogP contribution in [-0.2, 0) is 32.3 Å². The average molecular weight is 443 g/mol. The molecule has 0 saturated heterocycles. The SMILES string of the molecule is O=S1C=CC2=C(CCS(=O)c3ccccc3CP(=O)(c3ccccc3)C/C=C/2)C1. The Morgan fingerprint density at radius 1 is 0.897 bits per heavy atom. The van der Waals surface area contributed by atoms with Gasteiger partial charge >= 0.3 is 0 Å². The van der Waals surface area contributed by atoms with Crippen molar-refractivity contribution in [1.82, 2.24) is 0 Å². The second kappa shape index (κ2) is 8.91. The van der Waals surface area contributed by atoms with Crippen molar-refractivity contribution in [3.8, 4) is 0 Å². The maximum atomic E-state index is 14.1. The third-order valence-corrected chi connectivity index (χ3v) is 10.7. The monoisotopic (exact) mass is 442 g/mol. The molecule has 0 aliphatic carbocycles. The van der Waals surface area contributed by atoms with Crippen molar-refractivity contribution in [3.63, 3.8) is 0 Å². The first kappa shape index (κ1) is 20.5. The van der Waals surface area contributed by atoms with E-state index in [-0.39, 0.29) is 0 Å². The minimum Gasteiger partial charge on any atom is -0.318 e. The van der Waals surface area contributed by atoms with E-state index in [2.05, 4.69) is 0 Å². The molecule has 29 heavy (non-hydrogen) atoms. The Balaban J connectivity index is 1.81. The van der Waals surface area contributed by atoms with E-state index >= 15 is 0 Å². The molecule has 3 nitrogen and oxygen atoms in total. The maximum absolute atomic E-state index is 14.1. The zero-order valence-corrected chi connectivity index (χ0v) is 18.6. The van der Waals surface area contributed by atoms with E-state index < -0.39 is 28.7 Å². The molecule has 6 heteroatoms. The Bertz CT molecular complexity index is 1100. The maximum Gasteiger partial charge on any atom is 0.123 e. The Labute approximate surface area is 176 Å². The van der Waals surface area contributed by atoms with Gasteiger partial charge in [-0.25, -0.2) is 0 Å². The number of fused-ring (bicyclic) bond motifs is 1. The molecule has 0 bridgehead atoms. The van der Waals surface area contributed by atoms with Crippen LogP contribution in [0.1, 0.15) is 12.0 Å². The fourth-order valence-corrected chi connectivity index (χ4v) is 8.71. The minimum atomic E-state index is -2.76. The number of benzene rings is 2. The van der Waals surface area contributed by atoms with Crippen LogP contribution in [0.5, 0.6) is 0 Å². The lowest BCUT2D eigenvalue weighted by Crippen LogP contribution is -2.13.